The van der Waals surface area contributed by atoms with Gasteiger partial charge in [0.2, 0.25) is 5.69 Å². The molecule has 1 aliphatic carbocycles. The van der Waals surface area contributed by atoms with E-state index in [0.29, 0.717) is 23.1 Å². The predicted octanol–water partition coefficient (Wildman–Crippen LogP) is 5.28. The van der Waals surface area contributed by atoms with Gasteiger partial charge in [-0.1, -0.05) is 28.9 Å². The van der Waals surface area contributed by atoms with Crippen molar-refractivity contribution in [1.82, 2.24) is 15.0 Å². The molecule has 0 N–H and O–H groups in total. The molecule has 1 aliphatic rings. The van der Waals surface area contributed by atoms with Gasteiger partial charge in [-0.25, -0.2) is 9.48 Å². The van der Waals surface area contributed by atoms with Crippen LogP contribution in [0.25, 0.3) is 0 Å². The molecule has 3 aromatic rings. The summed E-state index contributed by atoms with van der Waals surface area (Å²) in [6, 6.07) is 12.7. The lowest BCUT2D eigenvalue weighted by molar-refractivity contribution is 0.0516. The zero-order valence-electron chi connectivity index (χ0n) is 18.6. The summed E-state index contributed by atoms with van der Waals surface area (Å²) in [5.41, 5.74) is 0.931. The van der Waals surface area contributed by atoms with Crippen LogP contribution in [-0.4, -0.2) is 40.8 Å². The second kappa shape index (κ2) is 10.6. The Hall–Kier alpha value is -3.26. The fraction of sp³-hybridized carbons (Fsp3) is 0.375. The summed E-state index contributed by atoms with van der Waals surface area (Å²) < 4.78 is 24.0. The van der Waals surface area contributed by atoms with Crippen LogP contribution in [0.1, 0.15) is 48.7 Å². The number of methoxy groups -OCH3 is 1. The van der Waals surface area contributed by atoms with Crippen LogP contribution >= 0.6 is 11.6 Å². The Morgan fingerprint density at radius 2 is 1.85 bits per heavy atom. The van der Waals surface area contributed by atoms with Gasteiger partial charge in [0.05, 0.1) is 31.4 Å². The van der Waals surface area contributed by atoms with Gasteiger partial charge < -0.3 is 18.9 Å². The number of carbonyl (C=O) groups is 1. The van der Waals surface area contributed by atoms with E-state index in [9.17, 15) is 4.79 Å². The summed E-state index contributed by atoms with van der Waals surface area (Å²) in [5.74, 6) is 1.32. The fourth-order valence-corrected chi connectivity index (χ4v) is 3.84. The van der Waals surface area contributed by atoms with E-state index in [0.717, 1.165) is 37.0 Å². The number of esters is 1. The van der Waals surface area contributed by atoms with Crippen molar-refractivity contribution in [1.29, 1.82) is 0 Å². The Morgan fingerprint density at radius 3 is 2.55 bits per heavy atom. The van der Waals surface area contributed by atoms with Crippen LogP contribution in [0.5, 0.6) is 23.1 Å². The molecule has 9 heteroatoms. The standard InChI is InChI=1S/C24H26ClN3O5/c1-3-31-24(29)22-23(28(27-26-22)15-16-8-10-17(30-2)11-9-16)33-19-12-13-20(25)21(14-19)32-18-6-4-5-7-18/h8-14,18H,3-7,15H2,1-2H3. The van der Waals surface area contributed by atoms with E-state index in [1.165, 1.54) is 4.68 Å². The van der Waals surface area contributed by atoms with Crippen LogP contribution in [-0.2, 0) is 11.3 Å². The molecular formula is C24H26ClN3O5. The van der Waals surface area contributed by atoms with Gasteiger partial charge in [0.1, 0.15) is 17.2 Å². The first-order valence-corrected chi connectivity index (χ1v) is 11.3. The first-order valence-electron chi connectivity index (χ1n) is 10.9. The van der Waals surface area contributed by atoms with Crippen molar-refractivity contribution in [2.75, 3.05) is 13.7 Å². The summed E-state index contributed by atoms with van der Waals surface area (Å²) in [6.45, 7) is 2.28. The van der Waals surface area contributed by atoms with Crippen LogP contribution in [0.4, 0.5) is 0 Å². The van der Waals surface area contributed by atoms with Crippen molar-refractivity contribution in [3.63, 3.8) is 0 Å². The molecule has 0 saturated heterocycles. The number of rotatable bonds is 9. The Balaban J connectivity index is 1.61. The molecule has 174 valence electrons. The van der Waals surface area contributed by atoms with Gasteiger partial charge in [0.15, 0.2) is 0 Å². The van der Waals surface area contributed by atoms with Crippen LogP contribution in [0.3, 0.4) is 0 Å². The SMILES string of the molecule is CCOC(=O)c1nnn(Cc2ccc(OC)cc2)c1Oc1ccc(Cl)c(OC2CCCC2)c1. The molecule has 1 aromatic heterocycles. The Kier molecular flexibility index (Phi) is 7.34. The van der Waals surface area contributed by atoms with E-state index in [1.807, 2.05) is 24.3 Å². The number of aromatic nitrogens is 3. The van der Waals surface area contributed by atoms with Crippen molar-refractivity contribution in [2.24, 2.45) is 0 Å². The van der Waals surface area contributed by atoms with Crippen LogP contribution in [0.2, 0.25) is 5.02 Å². The molecule has 8 nitrogen and oxygen atoms in total. The first kappa shape index (κ1) is 22.9. The summed E-state index contributed by atoms with van der Waals surface area (Å²) in [6.07, 6.45) is 4.46. The third-order valence-electron chi connectivity index (χ3n) is 5.36. The third kappa shape index (κ3) is 5.57. The Morgan fingerprint density at radius 1 is 1.12 bits per heavy atom. The maximum absolute atomic E-state index is 12.5. The average molecular weight is 472 g/mol. The molecule has 0 atom stereocenters. The molecule has 0 radical (unpaired) electrons. The summed E-state index contributed by atoms with van der Waals surface area (Å²) in [4.78, 5) is 12.5. The monoisotopic (exact) mass is 471 g/mol. The van der Waals surface area contributed by atoms with Crippen molar-refractivity contribution >= 4 is 17.6 Å². The molecule has 2 aromatic carbocycles. The average Bonchev–Trinajstić information content (AvgIpc) is 3.47. The van der Waals surface area contributed by atoms with E-state index < -0.39 is 5.97 Å². The minimum Gasteiger partial charge on any atom is -0.497 e. The van der Waals surface area contributed by atoms with Gasteiger partial charge in [-0.3, -0.25) is 0 Å². The number of ether oxygens (including phenoxy) is 4. The highest BCUT2D eigenvalue weighted by molar-refractivity contribution is 6.32. The molecule has 1 fully saturated rings. The van der Waals surface area contributed by atoms with Crippen molar-refractivity contribution in [3.8, 4) is 23.1 Å². The molecule has 0 bridgehead atoms. The highest BCUT2D eigenvalue weighted by atomic mass is 35.5. The van der Waals surface area contributed by atoms with Gasteiger partial charge in [-0.2, -0.15) is 0 Å². The highest BCUT2D eigenvalue weighted by Crippen LogP contribution is 2.35. The number of carbonyl (C=O) groups excluding carboxylic acids is 1. The number of hydrogen-bond donors (Lipinski definition) is 0. The molecule has 4 rings (SSSR count). The minimum absolute atomic E-state index is 0.00132. The lowest BCUT2D eigenvalue weighted by atomic mass is 10.2. The topological polar surface area (TPSA) is 84.7 Å². The minimum atomic E-state index is -0.607. The summed E-state index contributed by atoms with van der Waals surface area (Å²) in [5, 5.41) is 8.65. The quantitative estimate of drug-likeness (QED) is 0.392. The van der Waals surface area contributed by atoms with E-state index >= 15 is 0 Å². The lowest BCUT2D eigenvalue weighted by Crippen LogP contribution is -2.11. The molecule has 1 saturated carbocycles. The van der Waals surface area contributed by atoms with Gasteiger partial charge in [0, 0.05) is 6.07 Å². The van der Waals surface area contributed by atoms with Gasteiger partial charge in [0.25, 0.3) is 5.88 Å². The maximum atomic E-state index is 12.5. The molecular weight excluding hydrogens is 446 g/mol. The second-order valence-corrected chi connectivity index (χ2v) is 8.10. The summed E-state index contributed by atoms with van der Waals surface area (Å²) in [7, 11) is 1.61. The van der Waals surface area contributed by atoms with Gasteiger partial charge in [-0.15, -0.1) is 5.10 Å². The zero-order chi connectivity index (χ0) is 23.2. The Labute approximate surface area is 197 Å². The van der Waals surface area contributed by atoms with Gasteiger partial charge >= 0.3 is 5.97 Å². The second-order valence-electron chi connectivity index (χ2n) is 7.69. The molecule has 0 unspecified atom stereocenters. The van der Waals surface area contributed by atoms with Crippen LogP contribution < -0.4 is 14.2 Å². The molecule has 0 aliphatic heterocycles. The predicted molar refractivity (Wildman–Crippen MR) is 122 cm³/mol. The Bertz CT molecular complexity index is 1090. The van der Waals surface area contributed by atoms with Crippen molar-refractivity contribution < 1.29 is 23.7 Å². The lowest BCUT2D eigenvalue weighted by Gasteiger charge is -2.16. The zero-order valence-corrected chi connectivity index (χ0v) is 19.4. The van der Waals surface area contributed by atoms with E-state index in [4.69, 9.17) is 30.5 Å². The highest BCUT2D eigenvalue weighted by Gasteiger charge is 2.24. The largest absolute Gasteiger partial charge is 0.497 e. The van der Waals surface area contributed by atoms with Crippen molar-refractivity contribution in [2.45, 2.75) is 45.3 Å². The third-order valence-corrected chi connectivity index (χ3v) is 5.68. The van der Waals surface area contributed by atoms with Crippen LogP contribution in [0.15, 0.2) is 42.5 Å². The molecule has 0 spiro atoms. The molecule has 0 amide bonds. The van der Waals surface area contributed by atoms with E-state index in [1.54, 1.807) is 32.2 Å². The van der Waals surface area contributed by atoms with Crippen molar-refractivity contribution in [3.05, 3.63) is 58.7 Å². The van der Waals surface area contributed by atoms with Gasteiger partial charge in [-0.05, 0) is 62.4 Å². The first-order chi connectivity index (χ1) is 16.1. The fourth-order valence-electron chi connectivity index (χ4n) is 3.68. The smallest absolute Gasteiger partial charge is 0.364 e. The van der Waals surface area contributed by atoms with E-state index in [-0.39, 0.29) is 24.3 Å². The number of halogens is 1. The number of benzene rings is 2. The van der Waals surface area contributed by atoms with Crippen LogP contribution in [0, 0.1) is 0 Å². The number of nitrogens with zero attached hydrogens (tertiary/aromatic N) is 3. The number of hydrogen-bond acceptors (Lipinski definition) is 7. The molecule has 1 heterocycles. The normalized spacial score (nSPS) is 13.7. The molecule has 33 heavy (non-hydrogen) atoms. The maximum Gasteiger partial charge on any atom is 0.364 e. The summed E-state index contributed by atoms with van der Waals surface area (Å²) >= 11 is 6.35. The van der Waals surface area contributed by atoms with E-state index in [2.05, 4.69) is 10.3 Å².